The van der Waals surface area contributed by atoms with Gasteiger partial charge in [0, 0.05) is 11.1 Å². The zero-order valence-corrected chi connectivity index (χ0v) is 17.9. The van der Waals surface area contributed by atoms with Crippen molar-refractivity contribution in [1.29, 1.82) is 0 Å². The molecule has 1 atom stereocenters. The highest BCUT2D eigenvalue weighted by atomic mass is 32.2. The molecule has 30 heavy (non-hydrogen) atoms. The predicted molar refractivity (Wildman–Crippen MR) is 117 cm³/mol. The number of anilines is 1. The van der Waals surface area contributed by atoms with Gasteiger partial charge in [-0.3, -0.25) is 9.52 Å². The van der Waals surface area contributed by atoms with Crippen molar-refractivity contribution in [2.45, 2.75) is 24.8 Å². The van der Waals surface area contributed by atoms with Crippen LogP contribution >= 0.6 is 0 Å². The monoisotopic (exact) mass is 424 g/mol. The summed E-state index contributed by atoms with van der Waals surface area (Å²) in [6, 6.07) is 20.2. The molecule has 7 heteroatoms. The lowest BCUT2D eigenvalue weighted by Gasteiger charge is -2.19. The van der Waals surface area contributed by atoms with Crippen LogP contribution in [0.3, 0.4) is 0 Å². The molecule has 0 aromatic heterocycles. The second-order valence-corrected chi connectivity index (χ2v) is 8.52. The van der Waals surface area contributed by atoms with Gasteiger partial charge in [0.25, 0.3) is 15.9 Å². The molecular formula is C23H24N2O4S. The molecule has 0 heterocycles. The predicted octanol–water partition coefficient (Wildman–Crippen LogP) is 4.30. The van der Waals surface area contributed by atoms with Gasteiger partial charge in [-0.2, -0.15) is 0 Å². The average molecular weight is 425 g/mol. The number of methoxy groups -OCH3 is 1. The normalized spacial score (nSPS) is 12.1. The molecule has 0 radical (unpaired) electrons. The molecule has 0 spiro atoms. The van der Waals surface area contributed by atoms with Crippen molar-refractivity contribution in [3.63, 3.8) is 0 Å². The third-order valence-corrected chi connectivity index (χ3v) is 6.21. The van der Waals surface area contributed by atoms with Gasteiger partial charge in [-0.05, 0) is 49.7 Å². The van der Waals surface area contributed by atoms with Crippen molar-refractivity contribution >= 4 is 21.6 Å². The molecule has 2 N–H and O–H groups in total. The standard InChI is InChI=1S/C23H24N2O4S/c1-16-19(23(26)24-17(2)20-12-7-8-15-22(20)29-3)13-9-14-21(16)25-30(27,28)18-10-5-4-6-11-18/h4-15,17,25H,1-3H3,(H,24,26). The fourth-order valence-electron chi connectivity index (χ4n) is 3.17. The van der Waals surface area contributed by atoms with Crippen LogP contribution in [-0.2, 0) is 10.0 Å². The smallest absolute Gasteiger partial charge is 0.261 e. The molecule has 0 aliphatic rings. The van der Waals surface area contributed by atoms with E-state index < -0.39 is 10.0 Å². The van der Waals surface area contributed by atoms with Crippen molar-refractivity contribution in [2.75, 3.05) is 11.8 Å². The first-order valence-corrected chi connectivity index (χ1v) is 10.9. The number of amides is 1. The summed E-state index contributed by atoms with van der Waals surface area (Å²) < 4.78 is 33.2. The van der Waals surface area contributed by atoms with Crippen LogP contribution in [0, 0.1) is 6.92 Å². The molecule has 3 aromatic carbocycles. The number of ether oxygens (including phenoxy) is 1. The number of sulfonamides is 1. The first kappa shape index (κ1) is 21.4. The van der Waals surface area contributed by atoms with Crippen LogP contribution in [0.15, 0.2) is 77.7 Å². The number of para-hydroxylation sites is 1. The Labute approximate surface area is 177 Å². The van der Waals surface area contributed by atoms with E-state index in [9.17, 15) is 13.2 Å². The van der Waals surface area contributed by atoms with Gasteiger partial charge in [0.15, 0.2) is 0 Å². The Hall–Kier alpha value is -3.32. The Kier molecular flexibility index (Phi) is 6.42. The lowest BCUT2D eigenvalue weighted by Crippen LogP contribution is -2.28. The minimum absolute atomic E-state index is 0.157. The lowest BCUT2D eigenvalue weighted by molar-refractivity contribution is 0.0939. The van der Waals surface area contributed by atoms with E-state index in [0.29, 0.717) is 22.6 Å². The first-order chi connectivity index (χ1) is 14.3. The van der Waals surface area contributed by atoms with E-state index in [4.69, 9.17) is 4.74 Å². The van der Waals surface area contributed by atoms with Crippen LogP contribution in [0.4, 0.5) is 5.69 Å². The topological polar surface area (TPSA) is 84.5 Å². The van der Waals surface area contributed by atoms with Gasteiger partial charge in [-0.1, -0.05) is 42.5 Å². The summed E-state index contributed by atoms with van der Waals surface area (Å²) in [7, 11) is -2.17. The van der Waals surface area contributed by atoms with Crippen molar-refractivity contribution < 1.29 is 17.9 Å². The van der Waals surface area contributed by atoms with Crippen LogP contribution in [0.5, 0.6) is 5.75 Å². The SMILES string of the molecule is COc1ccccc1C(C)NC(=O)c1cccc(NS(=O)(=O)c2ccccc2)c1C. The van der Waals surface area contributed by atoms with Gasteiger partial charge in [0.1, 0.15) is 5.75 Å². The zero-order valence-electron chi connectivity index (χ0n) is 17.0. The summed E-state index contributed by atoms with van der Waals surface area (Å²) in [6.45, 7) is 3.58. The second kappa shape index (κ2) is 9.00. The third-order valence-electron chi connectivity index (χ3n) is 4.83. The minimum atomic E-state index is -3.75. The highest BCUT2D eigenvalue weighted by Gasteiger charge is 2.20. The summed E-state index contributed by atoms with van der Waals surface area (Å²) in [6.07, 6.45) is 0. The zero-order chi connectivity index (χ0) is 21.7. The maximum Gasteiger partial charge on any atom is 0.261 e. The minimum Gasteiger partial charge on any atom is -0.496 e. The van der Waals surface area contributed by atoms with Crippen LogP contribution in [0.1, 0.15) is 34.5 Å². The van der Waals surface area contributed by atoms with E-state index in [1.807, 2.05) is 31.2 Å². The Morgan fingerprint density at radius 1 is 0.933 bits per heavy atom. The summed E-state index contributed by atoms with van der Waals surface area (Å²) in [5.74, 6) is 0.387. The summed E-state index contributed by atoms with van der Waals surface area (Å²) >= 11 is 0. The molecule has 0 aliphatic heterocycles. The largest absolute Gasteiger partial charge is 0.496 e. The van der Waals surface area contributed by atoms with E-state index in [2.05, 4.69) is 10.0 Å². The molecule has 6 nitrogen and oxygen atoms in total. The lowest BCUT2D eigenvalue weighted by atomic mass is 10.0. The summed E-state index contributed by atoms with van der Waals surface area (Å²) in [5.41, 5.74) is 2.15. The molecule has 156 valence electrons. The number of hydrogen-bond donors (Lipinski definition) is 2. The van der Waals surface area contributed by atoms with Gasteiger partial charge in [0.05, 0.1) is 23.7 Å². The van der Waals surface area contributed by atoms with Gasteiger partial charge >= 0.3 is 0 Å². The Bertz CT molecular complexity index is 1140. The van der Waals surface area contributed by atoms with Crippen LogP contribution < -0.4 is 14.8 Å². The van der Waals surface area contributed by atoms with Gasteiger partial charge in [0.2, 0.25) is 0 Å². The molecule has 0 bridgehead atoms. The van der Waals surface area contributed by atoms with Crippen LogP contribution in [0.2, 0.25) is 0 Å². The number of hydrogen-bond acceptors (Lipinski definition) is 4. The van der Waals surface area contributed by atoms with Crippen molar-refractivity contribution in [1.82, 2.24) is 5.32 Å². The molecule has 3 rings (SSSR count). The number of carbonyl (C=O) groups excluding carboxylic acids is 1. The van der Waals surface area contributed by atoms with E-state index in [1.54, 1.807) is 50.4 Å². The van der Waals surface area contributed by atoms with Gasteiger partial charge < -0.3 is 10.1 Å². The fourth-order valence-corrected chi connectivity index (χ4v) is 4.32. The van der Waals surface area contributed by atoms with Crippen molar-refractivity contribution in [3.8, 4) is 5.75 Å². The Morgan fingerprint density at radius 3 is 2.30 bits per heavy atom. The highest BCUT2D eigenvalue weighted by molar-refractivity contribution is 7.92. The number of nitrogens with one attached hydrogen (secondary N) is 2. The molecule has 0 aliphatic carbocycles. The Balaban J connectivity index is 1.83. The quantitative estimate of drug-likeness (QED) is 0.592. The van der Waals surface area contributed by atoms with Gasteiger partial charge in [-0.25, -0.2) is 8.42 Å². The molecule has 3 aromatic rings. The van der Waals surface area contributed by atoms with Crippen LogP contribution in [-0.4, -0.2) is 21.4 Å². The number of carbonyl (C=O) groups is 1. The summed E-state index contributed by atoms with van der Waals surface area (Å²) in [4.78, 5) is 13.1. The molecule has 0 saturated carbocycles. The third kappa shape index (κ3) is 4.63. The first-order valence-electron chi connectivity index (χ1n) is 9.44. The maximum absolute atomic E-state index is 12.9. The average Bonchev–Trinajstić information content (AvgIpc) is 2.75. The number of rotatable bonds is 7. The van der Waals surface area contributed by atoms with Gasteiger partial charge in [-0.15, -0.1) is 0 Å². The second-order valence-electron chi connectivity index (χ2n) is 6.83. The van der Waals surface area contributed by atoms with Crippen molar-refractivity contribution in [2.24, 2.45) is 0 Å². The fraction of sp³-hybridized carbons (Fsp3) is 0.174. The summed E-state index contributed by atoms with van der Waals surface area (Å²) in [5, 5.41) is 2.95. The number of benzene rings is 3. The Morgan fingerprint density at radius 2 is 1.60 bits per heavy atom. The molecule has 1 amide bonds. The van der Waals surface area contributed by atoms with E-state index in [0.717, 1.165) is 5.56 Å². The molecule has 0 fully saturated rings. The molecular weight excluding hydrogens is 400 g/mol. The van der Waals surface area contributed by atoms with E-state index >= 15 is 0 Å². The molecule has 1 unspecified atom stereocenters. The highest BCUT2D eigenvalue weighted by Crippen LogP contribution is 2.26. The van der Waals surface area contributed by atoms with Crippen molar-refractivity contribution in [3.05, 3.63) is 89.5 Å². The van der Waals surface area contributed by atoms with E-state index in [1.165, 1.54) is 12.1 Å². The molecule has 0 saturated heterocycles. The van der Waals surface area contributed by atoms with E-state index in [-0.39, 0.29) is 16.8 Å². The maximum atomic E-state index is 12.9. The van der Waals surface area contributed by atoms with Crippen LogP contribution in [0.25, 0.3) is 0 Å².